The van der Waals surface area contributed by atoms with Gasteiger partial charge in [0.1, 0.15) is 29.1 Å². The average molecular weight is 279 g/mol. The van der Waals surface area contributed by atoms with Crippen molar-refractivity contribution in [2.45, 2.75) is 6.04 Å². The first-order chi connectivity index (χ1) is 8.36. The molecule has 0 aliphatic heterocycles. The lowest BCUT2D eigenvalue weighted by atomic mass is 10.1. The lowest BCUT2D eigenvalue weighted by Crippen LogP contribution is -2.42. The number of carbonyl (C=O) groups excluding carboxylic acids is 1. The number of rotatable bonds is 4. The van der Waals surface area contributed by atoms with Crippen molar-refractivity contribution >= 4 is 24.5 Å². The summed E-state index contributed by atoms with van der Waals surface area (Å²) in [5.74, 6) is -6.94. The minimum absolute atomic E-state index is 0.258. The largest absolute Gasteiger partial charge is 0.480 e. The maximum Gasteiger partial charge on any atom is 0.327 e. The van der Waals surface area contributed by atoms with Crippen LogP contribution in [-0.2, 0) is 4.79 Å². The molecule has 0 heterocycles. The summed E-state index contributed by atoms with van der Waals surface area (Å²) in [5.41, 5.74) is -1.04. The highest BCUT2D eigenvalue weighted by Gasteiger charge is 2.24. The van der Waals surface area contributed by atoms with Crippen molar-refractivity contribution in [3.05, 3.63) is 35.1 Å². The van der Waals surface area contributed by atoms with Crippen molar-refractivity contribution in [1.82, 2.24) is 5.32 Å². The van der Waals surface area contributed by atoms with Gasteiger partial charge in [0.2, 0.25) is 0 Å². The van der Waals surface area contributed by atoms with E-state index < -0.39 is 40.9 Å². The van der Waals surface area contributed by atoms with E-state index in [-0.39, 0.29) is 5.75 Å². The highest BCUT2D eigenvalue weighted by atomic mass is 32.1. The molecule has 0 unspecified atom stereocenters. The van der Waals surface area contributed by atoms with E-state index in [0.29, 0.717) is 12.1 Å². The first-order valence-corrected chi connectivity index (χ1v) is 5.29. The third kappa shape index (κ3) is 3.16. The van der Waals surface area contributed by atoms with Crippen LogP contribution in [0.15, 0.2) is 12.1 Å². The van der Waals surface area contributed by atoms with Crippen molar-refractivity contribution < 1.29 is 27.9 Å². The monoisotopic (exact) mass is 279 g/mol. The van der Waals surface area contributed by atoms with Gasteiger partial charge in [-0.15, -0.1) is 0 Å². The molecular formula is C10H8F3NO3S. The van der Waals surface area contributed by atoms with Crippen molar-refractivity contribution in [2.75, 3.05) is 5.75 Å². The minimum Gasteiger partial charge on any atom is -0.480 e. The molecule has 0 saturated carbocycles. The van der Waals surface area contributed by atoms with Gasteiger partial charge in [-0.05, 0) is 0 Å². The number of benzene rings is 1. The fourth-order valence-electron chi connectivity index (χ4n) is 1.18. The summed E-state index contributed by atoms with van der Waals surface area (Å²) >= 11 is 3.67. The molecule has 0 fully saturated rings. The zero-order chi connectivity index (χ0) is 13.9. The Kier molecular flexibility index (Phi) is 4.60. The SMILES string of the molecule is O=C(N[C@@H](CS)C(=O)O)c1c(F)cc(F)cc1F. The number of carbonyl (C=O) groups is 2. The molecule has 1 aromatic carbocycles. The highest BCUT2D eigenvalue weighted by molar-refractivity contribution is 7.80. The zero-order valence-electron chi connectivity index (χ0n) is 8.78. The fraction of sp³-hybridized carbons (Fsp3) is 0.200. The Labute approximate surface area is 105 Å². The van der Waals surface area contributed by atoms with Crippen LogP contribution in [0.25, 0.3) is 0 Å². The predicted octanol–water partition coefficient (Wildman–Crippen LogP) is 1.22. The molecule has 0 aromatic heterocycles. The van der Waals surface area contributed by atoms with Gasteiger partial charge >= 0.3 is 5.97 Å². The molecule has 98 valence electrons. The van der Waals surface area contributed by atoms with Gasteiger partial charge in [0.25, 0.3) is 5.91 Å². The number of carboxylic acids is 1. The number of nitrogens with one attached hydrogen (secondary N) is 1. The summed E-state index contributed by atoms with van der Waals surface area (Å²) in [6.45, 7) is 0. The molecular weight excluding hydrogens is 271 g/mol. The lowest BCUT2D eigenvalue weighted by Gasteiger charge is -2.12. The second-order valence-corrected chi connectivity index (χ2v) is 3.66. The molecule has 0 aliphatic rings. The van der Waals surface area contributed by atoms with E-state index in [9.17, 15) is 22.8 Å². The first kappa shape index (κ1) is 14.4. The zero-order valence-corrected chi connectivity index (χ0v) is 9.68. The van der Waals surface area contributed by atoms with Crippen LogP contribution < -0.4 is 5.32 Å². The Hall–Kier alpha value is -1.70. The fourth-order valence-corrected chi connectivity index (χ4v) is 1.42. The normalized spacial score (nSPS) is 12.0. The molecule has 0 aliphatic carbocycles. The Morgan fingerprint density at radius 3 is 2.17 bits per heavy atom. The van der Waals surface area contributed by atoms with Gasteiger partial charge in [-0.25, -0.2) is 18.0 Å². The molecule has 1 rings (SSSR count). The van der Waals surface area contributed by atoms with E-state index in [0.717, 1.165) is 0 Å². The molecule has 4 nitrogen and oxygen atoms in total. The van der Waals surface area contributed by atoms with Gasteiger partial charge in [0, 0.05) is 17.9 Å². The number of halogens is 3. The quantitative estimate of drug-likeness (QED) is 0.726. The highest BCUT2D eigenvalue weighted by Crippen LogP contribution is 2.14. The topological polar surface area (TPSA) is 66.4 Å². The Bertz CT molecular complexity index is 472. The molecule has 0 spiro atoms. The van der Waals surface area contributed by atoms with Gasteiger partial charge in [-0.3, -0.25) is 4.79 Å². The number of hydrogen-bond acceptors (Lipinski definition) is 3. The summed E-state index contributed by atoms with van der Waals surface area (Å²) in [4.78, 5) is 22.1. The molecule has 18 heavy (non-hydrogen) atoms. The standard InChI is InChI=1S/C10H8F3NO3S/c11-4-1-5(12)8(6(13)2-4)9(15)14-7(3-18)10(16)17/h1-2,7,18H,3H2,(H,14,15)(H,16,17)/t7-/m0/s1. The first-order valence-electron chi connectivity index (χ1n) is 4.66. The molecule has 8 heteroatoms. The van der Waals surface area contributed by atoms with Crippen LogP contribution in [0, 0.1) is 17.5 Å². The maximum absolute atomic E-state index is 13.2. The van der Waals surface area contributed by atoms with Crippen LogP contribution in [0.4, 0.5) is 13.2 Å². The number of carboxylic acid groups (broad SMARTS) is 1. The second-order valence-electron chi connectivity index (χ2n) is 3.29. The summed E-state index contributed by atoms with van der Waals surface area (Å²) in [5, 5.41) is 10.5. The molecule has 0 saturated heterocycles. The third-order valence-corrected chi connectivity index (χ3v) is 2.39. The number of thiol groups is 1. The third-order valence-electron chi connectivity index (χ3n) is 2.02. The van der Waals surface area contributed by atoms with Gasteiger partial charge in [-0.1, -0.05) is 0 Å². The van der Waals surface area contributed by atoms with E-state index in [1.807, 2.05) is 5.32 Å². The number of aliphatic carboxylic acids is 1. The number of hydrogen-bond donors (Lipinski definition) is 3. The molecule has 2 N–H and O–H groups in total. The molecule has 1 amide bonds. The van der Waals surface area contributed by atoms with E-state index in [2.05, 4.69) is 12.6 Å². The second kappa shape index (κ2) is 5.76. The van der Waals surface area contributed by atoms with Crippen LogP contribution >= 0.6 is 12.6 Å². The molecule has 0 radical (unpaired) electrons. The minimum atomic E-state index is -1.41. The summed E-state index contributed by atoms with van der Waals surface area (Å²) in [7, 11) is 0. The Balaban J connectivity index is 3.01. The van der Waals surface area contributed by atoms with Gasteiger partial charge in [0.15, 0.2) is 0 Å². The van der Waals surface area contributed by atoms with Gasteiger partial charge in [0.05, 0.1) is 0 Å². The van der Waals surface area contributed by atoms with Gasteiger partial charge in [-0.2, -0.15) is 12.6 Å². The summed E-state index contributed by atoms with van der Waals surface area (Å²) in [6, 6.07) is -0.743. The van der Waals surface area contributed by atoms with Crippen LogP contribution in [0.1, 0.15) is 10.4 Å². The Morgan fingerprint density at radius 1 is 1.28 bits per heavy atom. The predicted molar refractivity (Wildman–Crippen MR) is 59.1 cm³/mol. The summed E-state index contributed by atoms with van der Waals surface area (Å²) < 4.78 is 39.0. The van der Waals surface area contributed by atoms with Crippen LogP contribution in [0.2, 0.25) is 0 Å². The van der Waals surface area contributed by atoms with Crippen molar-refractivity contribution in [1.29, 1.82) is 0 Å². The van der Waals surface area contributed by atoms with Crippen LogP contribution in [-0.4, -0.2) is 28.8 Å². The van der Waals surface area contributed by atoms with E-state index in [4.69, 9.17) is 5.11 Å². The van der Waals surface area contributed by atoms with Crippen molar-refractivity contribution in [3.8, 4) is 0 Å². The molecule has 0 bridgehead atoms. The van der Waals surface area contributed by atoms with Crippen LogP contribution in [0.3, 0.4) is 0 Å². The molecule has 1 atom stereocenters. The van der Waals surface area contributed by atoms with Gasteiger partial charge < -0.3 is 10.4 Å². The summed E-state index contributed by atoms with van der Waals surface area (Å²) in [6.07, 6.45) is 0. The van der Waals surface area contributed by atoms with Crippen LogP contribution in [0.5, 0.6) is 0 Å². The molecule has 1 aromatic rings. The van der Waals surface area contributed by atoms with Crippen molar-refractivity contribution in [3.63, 3.8) is 0 Å². The smallest absolute Gasteiger partial charge is 0.327 e. The van der Waals surface area contributed by atoms with Crippen molar-refractivity contribution in [2.24, 2.45) is 0 Å². The Morgan fingerprint density at radius 2 is 1.78 bits per heavy atom. The maximum atomic E-state index is 13.2. The lowest BCUT2D eigenvalue weighted by molar-refractivity contribution is -0.138. The van der Waals surface area contributed by atoms with E-state index in [1.54, 1.807) is 0 Å². The average Bonchev–Trinajstić information content (AvgIpc) is 2.23. The van der Waals surface area contributed by atoms with E-state index in [1.165, 1.54) is 0 Å². The number of amides is 1. The van der Waals surface area contributed by atoms with E-state index >= 15 is 0 Å².